The number of nitrogens with one attached hydrogen (secondary N) is 2. The molecule has 2 aromatic carbocycles. The van der Waals surface area contributed by atoms with Gasteiger partial charge in [-0.05, 0) is 54.1 Å². The number of hydrogen-bond donors (Lipinski definition) is 2. The van der Waals surface area contributed by atoms with Crippen LogP contribution in [-0.2, 0) is 26.2 Å². The fraction of sp³-hybridized carbons (Fsp3) is 0.143. The summed E-state index contributed by atoms with van der Waals surface area (Å²) < 4.78 is 49.9. The molecular weight excluding hydrogens is 438 g/mol. The molecule has 0 bridgehead atoms. The summed E-state index contributed by atoms with van der Waals surface area (Å²) >= 11 is 0. The number of benzene rings is 2. The van der Waals surface area contributed by atoms with Crippen LogP contribution in [0.5, 0.6) is 0 Å². The Balaban J connectivity index is 1.72. The lowest BCUT2D eigenvalue weighted by atomic mass is 10.3. The predicted molar refractivity (Wildman–Crippen MR) is 116 cm³/mol. The monoisotopic (exact) mass is 459 g/mol. The predicted octanol–water partition coefficient (Wildman–Crippen LogP) is 3.03. The minimum absolute atomic E-state index is 0.0140. The summed E-state index contributed by atoms with van der Waals surface area (Å²) in [6.45, 7) is 1.79. The van der Waals surface area contributed by atoms with Crippen LogP contribution in [0.4, 0.5) is 10.5 Å². The Morgan fingerprint density at radius 2 is 1.61 bits per heavy atom. The minimum atomic E-state index is -3.92. The van der Waals surface area contributed by atoms with Crippen LogP contribution < -0.4 is 10.6 Å². The van der Waals surface area contributed by atoms with Crippen LogP contribution in [0.15, 0.2) is 87.7 Å². The first-order chi connectivity index (χ1) is 14.7. The second kappa shape index (κ2) is 9.27. The summed E-state index contributed by atoms with van der Waals surface area (Å²) in [6, 6.07) is 14.1. The van der Waals surface area contributed by atoms with E-state index in [0.717, 1.165) is 11.6 Å². The zero-order valence-electron chi connectivity index (χ0n) is 16.6. The highest BCUT2D eigenvalue weighted by molar-refractivity contribution is 7.92. The molecular formula is C21H21N3O5S2. The fourth-order valence-electron chi connectivity index (χ4n) is 2.72. The van der Waals surface area contributed by atoms with E-state index < -0.39 is 25.7 Å². The van der Waals surface area contributed by atoms with E-state index in [1.54, 1.807) is 18.5 Å². The van der Waals surface area contributed by atoms with Gasteiger partial charge in [0.15, 0.2) is 9.84 Å². The van der Waals surface area contributed by atoms with Gasteiger partial charge in [0.1, 0.15) is 0 Å². The fourth-order valence-corrected chi connectivity index (χ4v) is 5.02. The number of amides is 2. The molecule has 10 heteroatoms. The van der Waals surface area contributed by atoms with Gasteiger partial charge in [-0.1, -0.05) is 19.1 Å². The highest BCUT2D eigenvalue weighted by Crippen LogP contribution is 2.25. The third-order valence-electron chi connectivity index (χ3n) is 4.45. The minimum Gasteiger partial charge on any atom is -0.334 e. The van der Waals surface area contributed by atoms with Crippen molar-refractivity contribution in [3.8, 4) is 0 Å². The van der Waals surface area contributed by atoms with E-state index in [-0.39, 0.29) is 20.4 Å². The number of hydrogen-bond acceptors (Lipinski definition) is 6. The number of carbonyl (C=O) groups excluding carboxylic acids is 1. The third-order valence-corrected chi connectivity index (χ3v) is 7.95. The zero-order chi connectivity index (χ0) is 22.5. The van der Waals surface area contributed by atoms with Crippen molar-refractivity contribution in [2.45, 2.75) is 28.2 Å². The van der Waals surface area contributed by atoms with Crippen molar-refractivity contribution in [2.24, 2.45) is 0 Å². The number of urea groups is 1. The lowest BCUT2D eigenvalue weighted by Crippen LogP contribution is -2.28. The molecule has 3 rings (SSSR count). The maximum absolute atomic E-state index is 12.9. The van der Waals surface area contributed by atoms with Crippen molar-refractivity contribution in [3.63, 3.8) is 0 Å². The Morgan fingerprint density at radius 3 is 2.26 bits per heavy atom. The molecule has 3 aromatic rings. The average Bonchev–Trinajstić information content (AvgIpc) is 2.79. The van der Waals surface area contributed by atoms with Crippen LogP contribution in [0.3, 0.4) is 0 Å². The number of sulfone groups is 2. The van der Waals surface area contributed by atoms with Gasteiger partial charge in [-0.15, -0.1) is 0 Å². The number of nitrogens with zero attached hydrogens (tertiary/aromatic N) is 1. The van der Waals surface area contributed by atoms with E-state index in [2.05, 4.69) is 15.6 Å². The summed E-state index contributed by atoms with van der Waals surface area (Å²) in [6.07, 6.45) is 3.28. The summed E-state index contributed by atoms with van der Waals surface area (Å²) in [4.78, 5) is 15.8. The van der Waals surface area contributed by atoms with Crippen molar-refractivity contribution >= 4 is 31.4 Å². The molecule has 0 saturated heterocycles. The van der Waals surface area contributed by atoms with Gasteiger partial charge in [0, 0.05) is 24.6 Å². The van der Waals surface area contributed by atoms with E-state index in [4.69, 9.17) is 0 Å². The van der Waals surface area contributed by atoms with Crippen LogP contribution >= 0.6 is 0 Å². The number of aromatic nitrogens is 1. The number of carbonyl (C=O) groups is 1. The molecule has 0 aliphatic rings. The van der Waals surface area contributed by atoms with Crippen LogP contribution in [0, 0.1) is 0 Å². The second-order valence-electron chi connectivity index (χ2n) is 6.58. The standard InChI is InChI=1S/C21H21N3O5S2/c1-2-30(26,27)19-6-3-7-20(13-19)31(28,29)18-10-8-17(9-11-18)24-21(25)23-15-16-5-4-12-22-14-16/h3-14H,2,15H2,1H3,(H2,23,24,25). The van der Waals surface area contributed by atoms with Crippen LogP contribution in [0.2, 0.25) is 0 Å². The maximum atomic E-state index is 12.9. The van der Waals surface area contributed by atoms with E-state index in [1.165, 1.54) is 49.4 Å². The van der Waals surface area contributed by atoms with Gasteiger partial charge in [0.2, 0.25) is 9.84 Å². The molecule has 0 radical (unpaired) electrons. The van der Waals surface area contributed by atoms with E-state index >= 15 is 0 Å². The molecule has 1 heterocycles. The molecule has 0 unspecified atom stereocenters. The van der Waals surface area contributed by atoms with Gasteiger partial charge in [0.25, 0.3) is 0 Å². The van der Waals surface area contributed by atoms with Crippen LogP contribution in [-0.4, -0.2) is 33.6 Å². The quantitative estimate of drug-likeness (QED) is 0.560. The first-order valence-corrected chi connectivity index (χ1v) is 12.5. The molecule has 8 nitrogen and oxygen atoms in total. The third kappa shape index (κ3) is 5.47. The average molecular weight is 460 g/mol. The number of rotatable bonds is 7. The van der Waals surface area contributed by atoms with Crippen LogP contribution in [0.1, 0.15) is 12.5 Å². The van der Waals surface area contributed by atoms with Crippen LogP contribution in [0.25, 0.3) is 0 Å². The summed E-state index contributed by atoms with van der Waals surface area (Å²) in [5.74, 6) is -0.125. The maximum Gasteiger partial charge on any atom is 0.319 e. The Hall–Kier alpha value is -3.24. The Bertz CT molecular complexity index is 1270. The molecule has 162 valence electrons. The van der Waals surface area contributed by atoms with E-state index in [1.807, 2.05) is 6.07 Å². The Morgan fingerprint density at radius 1 is 0.903 bits per heavy atom. The van der Waals surface area contributed by atoms with Crippen molar-refractivity contribution < 1.29 is 21.6 Å². The first kappa shape index (κ1) is 22.4. The summed E-state index contributed by atoms with van der Waals surface area (Å²) in [5, 5.41) is 5.30. The van der Waals surface area contributed by atoms with E-state index in [0.29, 0.717) is 12.2 Å². The molecule has 0 aliphatic carbocycles. The molecule has 0 saturated carbocycles. The molecule has 0 atom stereocenters. The van der Waals surface area contributed by atoms with Gasteiger partial charge in [-0.25, -0.2) is 21.6 Å². The van der Waals surface area contributed by atoms with E-state index in [9.17, 15) is 21.6 Å². The van der Waals surface area contributed by atoms with Gasteiger partial charge >= 0.3 is 6.03 Å². The molecule has 1 aromatic heterocycles. The van der Waals surface area contributed by atoms with Gasteiger partial charge in [-0.3, -0.25) is 4.98 Å². The highest BCUT2D eigenvalue weighted by atomic mass is 32.2. The number of anilines is 1. The Kier molecular flexibility index (Phi) is 6.71. The lowest BCUT2D eigenvalue weighted by Gasteiger charge is -2.10. The molecule has 2 amide bonds. The van der Waals surface area contributed by atoms with Crippen molar-refractivity contribution in [3.05, 3.63) is 78.6 Å². The highest BCUT2D eigenvalue weighted by Gasteiger charge is 2.21. The smallest absolute Gasteiger partial charge is 0.319 e. The summed E-state index contributed by atoms with van der Waals surface area (Å²) in [7, 11) is -7.45. The first-order valence-electron chi connectivity index (χ1n) is 9.34. The number of pyridine rings is 1. The zero-order valence-corrected chi connectivity index (χ0v) is 18.3. The van der Waals surface area contributed by atoms with Crippen molar-refractivity contribution in [1.82, 2.24) is 10.3 Å². The molecule has 2 N–H and O–H groups in total. The van der Waals surface area contributed by atoms with Crippen molar-refractivity contribution in [2.75, 3.05) is 11.1 Å². The topological polar surface area (TPSA) is 122 Å². The normalized spacial score (nSPS) is 11.6. The molecule has 0 aliphatic heterocycles. The summed E-state index contributed by atoms with van der Waals surface area (Å²) in [5.41, 5.74) is 1.25. The largest absolute Gasteiger partial charge is 0.334 e. The molecule has 0 spiro atoms. The molecule has 31 heavy (non-hydrogen) atoms. The SMILES string of the molecule is CCS(=O)(=O)c1cccc(S(=O)(=O)c2ccc(NC(=O)NCc3cccnc3)cc2)c1. The lowest BCUT2D eigenvalue weighted by molar-refractivity contribution is 0.251. The van der Waals surface area contributed by atoms with Gasteiger partial charge < -0.3 is 10.6 Å². The van der Waals surface area contributed by atoms with Gasteiger partial charge in [-0.2, -0.15) is 0 Å². The van der Waals surface area contributed by atoms with Crippen molar-refractivity contribution in [1.29, 1.82) is 0 Å². The second-order valence-corrected chi connectivity index (χ2v) is 10.8. The Labute approximate surface area is 181 Å². The van der Waals surface area contributed by atoms with Gasteiger partial charge in [0.05, 0.1) is 20.4 Å². The molecule has 0 fully saturated rings.